The predicted octanol–water partition coefficient (Wildman–Crippen LogP) is 1.18. The lowest BCUT2D eigenvalue weighted by Crippen LogP contribution is -2.37. The second-order valence-corrected chi connectivity index (χ2v) is 7.01. The monoisotopic (exact) mass is 309 g/mol. The molecule has 114 valence electrons. The van der Waals surface area contributed by atoms with Crippen LogP contribution in [0, 0.1) is 6.92 Å². The number of sulfonamides is 1. The molecule has 0 saturated carbocycles. The van der Waals surface area contributed by atoms with Crippen molar-refractivity contribution in [1.29, 1.82) is 0 Å². The number of hydrogen-bond donors (Lipinski definition) is 1. The van der Waals surface area contributed by atoms with Crippen LogP contribution in [-0.2, 0) is 10.0 Å². The minimum atomic E-state index is -3.66. The number of aryl methyl sites for hydroxylation is 1. The maximum Gasteiger partial charge on any atom is 0.246 e. The summed E-state index contributed by atoms with van der Waals surface area (Å²) in [5.41, 5.74) is 1.91. The number of aliphatic hydroxyl groups excluding tert-OH is 1. The van der Waals surface area contributed by atoms with Gasteiger partial charge in [0.2, 0.25) is 10.0 Å². The first-order valence-corrected chi connectivity index (χ1v) is 8.01. The molecular formula is C14H19N3O3S. The first kappa shape index (κ1) is 15.7. The summed E-state index contributed by atoms with van der Waals surface area (Å²) < 4.78 is 27.4. The summed E-state index contributed by atoms with van der Waals surface area (Å²) in [5.74, 6) is 0. The summed E-state index contributed by atoms with van der Waals surface area (Å²) in [6.07, 6.45) is 2.79. The van der Waals surface area contributed by atoms with E-state index in [1.807, 2.05) is 31.2 Å². The van der Waals surface area contributed by atoms with E-state index in [0.717, 1.165) is 15.6 Å². The maximum absolute atomic E-state index is 12.4. The third-order valence-corrected chi connectivity index (χ3v) is 5.34. The second kappa shape index (κ2) is 5.97. The molecule has 1 atom stereocenters. The zero-order valence-electron chi connectivity index (χ0n) is 12.3. The predicted molar refractivity (Wildman–Crippen MR) is 79.8 cm³/mol. The fourth-order valence-corrected chi connectivity index (χ4v) is 3.08. The molecule has 2 rings (SSSR count). The van der Waals surface area contributed by atoms with Crippen molar-refractivity contribution >= 4 is 10.0 Å². The third-order valence-electron chi connectivity index (χ3n) is 3.42. The van der Waals surface area contributed by atoms with E-state index in [1.165, 1.54) is 24.1 Å². The van der Waals surface area contributed by atoms with Gasteiger partial charge in [0.15, 0.2) is 0 Å². The summed E-state index contributed by atoms with van der Waals surface area (Å²) in [4.78, 5) is 0.103. The Bertz CT molecular complexity index is 707. The second-order valence-electron chi connectivity index (χ2n) is 5.01. The van der Waals surface area contributed by atoms with Gasteiger partial charge in [0.25, 0.3) is 0 Å². The Morgan fingerprint density at radius 2 is 1.95 bits per heavy atom. The zero-order valence-corrected chi connectivity index (χ0v) is 13.1. The van der Waals surface area contributed by atoms with Crippen LogP contribution in [0.3, 0.4) is 0 Å². The molecule has 1 N–H and O–H groups in total. The van der Waals surface area contributed by atoms with Crippen LogP contribution in [0.1, 0.15) is 12.5 Å². The number of hydrogen-bond acceptors (Lipinski definition) is 4. The van der Waals surface area contributed by atoms with Crippen molar-refractivity contribution in [3.63, 3.8) is 0 Å². The Balaban J connectivity index is 2.33. The number of likely N-dealkylation sites (N-methyl/N-ethyl adjacent to an activating group) is 1. The van der Waals surface area contributed by atoms with Crippen molar-refractivity contribution in [2.75, 3.05) is 13.7 Å². The Labute approximate surface area is 124 Å². The lowest BCUT2D eigenvalue weighted by Gasteiger charge is -2.21. The summed E-state index contributed by atoms with van der Waals surface area (Å²) in [7, 11) is -2.21. The maximum atomic E-state index is 12.4. The molecule has 0 fully saturated rings. The van der Waals surface area contributed by atoms with Crippen LogP contribution >= 0.6 is 0 Å². The lowest BCUT2D eigenvalue weighted by molar-refractivity contribution is 0.214. The molecule has 2 aromatic rings. The van der Waals surface area contributed by atoms with Crippen LogP contribution in [0.25, 0.3) is 5.69 Å². The van der Waals surface area contributed by atoms with Crippen LogP contribution in [0.2, 0.25) is 0 Å². The smallest absolute Gasteiger partial charge is 0.246 e. The van der Waals surface area contributed by atoms with Crippen LogP contribution < -0.4 is 0 Å². The molecule has 1 heterocycles. The van der Waals surface area contributed by atoms with Gasteiger partial charge in [-0.25, -0.2) is 13.1 Å². The molecule has 0 spiro atoms. The fourth-order valence-electron chi connectivity index (χ4n) is 1.80. The van der Waals surface area contributed by atoms with Gasteiger partial charge in [-0.3, -0.25) is 0 Å². The van der Waals surface area contributed by atoms with E-state index >= 15 is 0 Å². The number of aromatic nitrogens is 2. The molecule has 0 amide bonds. The molecule has 1 aromatic carbocycles. The van der Waals surface area contributed by atoms with E-state index in [0.29, 0.717) is 0 Å². The van der Waals surface area contributed by atoms with E-state index in [1.54, 1.807) is 6.92 Å². The van der Waals surface area contributed by atoms with Crippen molar-refractivity contribution in [3.8, 4) is 5.69 Å². The molecule has 6 nitrogen and oxygen atoms in total. The number of nitrogens with zero attached hydrogens (tertiary/aromatic N) is 3. The quantitative estimate of drug-likeness (QED) is 0.900. The highest BCUT2D eigenvalue weighted by Gasteiger charge is 2.26. The van der Waals surface area contributed by atoms with Crippen LogP contribution in [-0.4, -0.2) is 47.3 Å². The van der Waals surface area contributed by atoms with Gasteiger partial charge in [0, 0.05) is 13.1 Å². The molecular weight excluding hydrogens is 290 g/mol. The normalized spacial score (nSPS) is 13.6. The zero-order chi connectivity index (χ0) is 15.6. The molecule has 0 radical (unpaired) electrons. The topological polar surface area (TPSA) is 75.4 Å². The summed E-state index contributed by atoms with van der Waals surface area (Å²) in [6.45, 7) is 3.39. The van der Waals surface area contributed by atoms with Gasteiger partial charge >= 0.3 is 0 Å². The van der Waals surface area contributed by atoms with Gasteiger partial charge in [-0.15, -0.1) is 0 Å². The summed E-state index contributed by atoms with van der Waals surface area (Å²) in [6, 6.07) is 7.13. The van der Waals surface area contributed by atoms with Crippen molar-refractivity contribution in [3.05, 3.63) is 42.2 Å². The first-order valence-electron chi connectivity index (χ1n) is 6.57. The molecule has 0 aliphatic rings. The Morgan fingerprint density at radius 1 is 1.33 bits per heavy atom. The highest BCUT2D eigenvalue weighted by Crippen LogP contribution is 2.18. The fraction of sp³-hybridized carbons (Fsp3) is 0.357. The van der Waals surface area contributed by atoms with E-state index in [9.17, 15) is 8.42 Å². The highest BCUT2D eigenvalue weighted by molar-refractivity contribution is 7.89. The van der Waals surface area contributed by atoms with Gasteiger partial charge in [-0.2, -0.15) is 9.40 Å². The number of benzene rings is 1. The first-order chi connectivity index (χ1) is 9.86. The lowest BCUT2D eigenvalue weighted by atomic mass is 10.2. The SMILES string of the molecule is Cc1ccc(-n2cc(S(=O)(=O)N(C)C(C)CO)cn2)cc1. The highest BCUT2D eigenvalue weighted by atomic mass is 32.2. The van der Waals surface area contributed by atoms with Crippen LogP contribution in [0.5, 0.6) is 0 Å². The van der Waals surface area contributed by atoms with E-state index in [2.05, 4.69) is 5.10 Å². The standard InChI is InChI=1S/C14H19N3O3S/c1-11-4-6-13(7-5-11)17-9-14(8-15-17)21(19,20)16(3)12(2)10-18/h4-9,12,18H,10H2,1-3H3. The molecule has 0 aliphatic carbocycles. The van der Waals surface area contributed by atoms with Crippen molar-refractivity contribution in [2.24, 2.45) is 0 Å². The Hall–Kier alpha value is -1.70. The molecule has 7 heteroatoms. The molecule has 1 aromatic heterocycles. The molecule has 0 saturated heterocycles. The van der Waals surface area contributed by atoms with Gasteiger partial charge in [-0.05, 0) is 26.0 Å². The average Bonchev–Trinajstić information content (AvgIpc) is 2.97. The van der Waals surface area contributed by atoms with E-state index < -0.39 is 16.1 Å². The molecule has 21 heavy (non-hydrogen) atoms. The largest absolute Gasteiger partial charge is 0.395 e. The van der Waals surface area contributed by atoms with Gasteiger partial charge in [0.1, 0.15) is 4.90 Å². The van der Waals surface area contributed by atoms with Crippen LogP contribution in [0.4, 0.5) is 0 Å². The van der Waals surface area contributed by atoms with Crippen molar-refractivity contribution in [2.45, 2.75) is 24.8 Å². The van der Waals surface area contributed by atoms with Gasteiger partial charge in [0.05, 0.1) is 24.7 Å². The van der Waals surface area contributed by atoms with Crippen molar-refractivity contribution in [1.82, 2.24) is 14.1 Å². The van der Waals surface area contributed by atoms with Crippen molar-refractivity contribution < 1.29 is 13.5 Å². The Kier molecular flexibility index (Phi) is 4.46. The van der Waals surface area contributed by atoms with Crippen LogP contribution in [0.15, 0.2) is 41.6 Å². The summed E-state index contributed by atoms with van der Waals surface area (Å²) >= 11 is 0. The average molecular weight is 309 g/mol. The third kappa shape index (κ3) is 3.15. The molecule has 0 bridgehead atoms. The molecule has 0 aliphatic heterocycles. The van der Waals surface area contributed by atoms with E-state index in [4.69, 9.17) is 5.11 Å². The van der Waals surface area contributed by atoms with Gasteiger partial charge < -0.3 is 5.11 Å². The minimum absolute atomic E-state index is 0.103. The van der Waals surface area contributed by atoms with E-state index in [-0.39, 0.29) is 11.5 Å². The summed E-state index contributed by atoms with van der Waals surface area (Å²) in [5, 5.41) is 13.2. The minimum Gasteiger partial charge on any atom is -0.395 e. The molecule has 1 unspecified atom stereocenters. The Morgan fingerprint density at radius 3 is 2.52 bits per heavy atom. The number of aliphatic hydroxyl groups is 1. The van der Waals surface area contributed by atoms with Gasteiger partial charge in [-0.1, -0.05) is 17.7 Å². The number of rotatable bonds is 5.